The number of aryl methyl sites for hydroxylation is 1. The van der Waals surface area contributed by atoms with E-state index in [-0.39, 0.29) is 0 Å². The maximum atomic E-state index is 11.2. The third kappa shape index (κ3) is 12.3. The minimum Gasteiger partial charge on any atom is -0.300 e. The van der Waals surface area contributed by atoms with Gasteiger partial charge in [0.25, 0.3) is 0 Å². The number of ketones is 1. The summed E-state index contributed by atoms with van der Waals surface area (Å²) in [5, 5.41) is 0. The van der Waals surface area contributed by atoms with Crippen molar-refractivity contribution >= 4 is 5.78 Å². The molecule has 1 aromatic rings. The van der Waals surface area contributed by atoms with Crippen molar-refractivity contribution in [3.05, 3.63) is 35.9 Å². The summed E-state index contributed by atoms with van der Waals surface area (Å²) in [7, 11) is 0. The van der Waals surface area contributed by atoms with Gasteiger partial charge in [-0.2, -0.15) is 0 Å². The van der Waals surface area contributed by atoms with Crippen LogP contribution in [0.25, 0.3) is 0 Å². The van der Waals surface area contributed by atoms with Gasteiger partial charge in [0, 0.05) is 12.8 Å². The Balaban J connectivity index is 1.74. The van der Waals surface area contributed by atoms with Crippen LogP contribution in [0.1, 0.15) is 102 Å². The number of carbonyl (C=O) groups is 1. The molecule has 0 aliphatic carbocycles. The number of benzene rings is 1. The SMILES string of the molecule is CCC(=O)CCCCCCCCCCCCCCc1ccccc1. The molecule has 0 heterocycles. The fraction of sp³-hybridized carbons (Fsp3) is 0.696. The highest BCUT2D eigenvalue weighted by Crippen LogP contribution is 2.13. The lowest BCUT2D eigenvalue weighted by molar-refractivity contribution is -0.118. The molecule has 0 N–H and O–H groups in total. The molecule has 0 aromatic heterocycles. The number of rotatable bonds is 16. The zero-order valence-electron chi connectivity index (χ0n) is 15.9. The van der Waals surface area contributed by atoms with Gasteiger partial charge in [-0.1, -0.05) is 101 Å². The standard InChI is InChI=1S/C23H38O/c1-2-23(24)21-17-12-10-8-6-4-3-5-7-9-11-14-18-22-19-15-13-16-20-22/h13,15-16,19-20H,2-12,14,17-18,21H2,1H3. The van der Waals surface area contributed by atoms with Crippen molar-refractivity contribution < 1.29 is 4.79 Å². The van der Waals surface area contributed by atoms with Gasteiger partial charge in [-0.25, -0.2) is 0 Å². The molecule has 0 saturated heterocycles. The van der Waals surface area contributed by atoms with Crippen molar-refractivity contribution in [2.45, 2.75) is 103 Å². The van der Waals surface area contributed by atoms with Crippen LogP contribution in [0.4, 0.5) is 0 Å². The monoisotopic (exact) mass is 330 g/mol. The van der Waals surface area contributed by atoms with Crippen LogP contribution in [0.5, 0.6) is 0 Å². The van der Waals surface area contributed by atoms with Crippen LogP contribution in [0.3, 0.4) is 0 Å². The van der Waals surface area contributed by atoms with Crippen LogP contribution >= 0.6 is 0 Å². The summed E-state index contributed by atoms with van der Waals surface area (Å²) in [5.41, 5.74) is 1.48. The molecule has 0 fully saturated rings. The van der Waals surface area contributed by atoms with Crippen LogP contribution in [0.2, 0.25) is 0 Å². The van der Waals surface area contributed by atoms with Crippen LogP contribution in [-0.2, 0) is 11.2 Å². The Kier molecular flexibility index (Phi) is 13.4. The van der Waals surface area contributed by atoms with Crippen LogP contribution in [0.15, 0.2) is 30.3 Å². The molecule has 0 bridgehead atoms. The fourth-order valence-corrected chi connectivity index (χ4v) is 3.24. The summed E-state index contributed by atoms with van der Waals surface area (Å²) in [6, 6.07) is 10.8. The third-order valence-corrected chi connectivity index (χ3v) is 4.91. The van der Waals surface area contributed by atoms with E-state index in [9.17, 15) is 4.79 Å². The first kappa shape index (κ1) is 20.9. The molecule has 1 rings (SSSR count). The van der Waals surface area contributed by atoms with E-state index < -0.39 is 0 Å². The molecule has 0 aliphatic heterocycles. The summed E-state index contributed by atoms with van der Waals surface area (Å²) in [4.78, 5) is 11.2. The summed E-state index contributed by atoms with van der Waals surface area (Å²) in [6.45, 7) is 1.96. The smallest absolute Gasteiger partial charge is 0.132 e. The highest BCUT2D eigenvalue weighted by Gasteiger charge is 1.98. The number of unbranched alkanes of at least 4 members (excludes halogenated alkanes) is 11. The minimum atomic E-state index is 0.429. The second-order valence-electron chi connectivity index (χ2n) is 7.12. The fourth-order valence-electron chi connectivity index (χ4n) is 3.24. The zero-order valence-corrected chi connectivity index (χ0v) is 15.9. The van der Waals surface area contributed by atoms with E-state index in [1.54, 1.807) is 0 Å². The predicted molar refractivity (Wildman–Crippen MR) is 105 cm³/mol. The van der Waals surface area contributed by atoms with E-state index >= 15 is 0 Å². The number of Topliss-reactive ketones (excluding diaryl/α,β-unsaturated/α-hetero) is 1. The van der Waals surface area contributed by atoms with Gasteiger partial charge in [-0.15, -0.1) is 0 Å². The average molecular weight is 331 g/mol. The molecule has 0 atom stereocenters. The molecule has 136 valence electrons. The number of hydrogen-bond acceptors (Lipinski definition) is 1. The molecule has 0 saturated carbocycles. The normalized spacial score (nSPS) is 10.9. The lowest BCUT2D eigenvalue weighted by Gasteiger charge is -2.04. The first-order valence-corrected chi connectivity index (χ1v) is 10.4. The van der Waals surface area contributed by atoms with E-state index in [4.69, 9.17) is 0 Å². The van der Waals surface area contributed by atoms with E-state index in [0.717, 1.165) is 12.8 Å². The van der Waals surface area contributed by atoms with Gasteiger partial charge in [-0.3, -0.25) is 4.79 Å². The second-order valence-corrected chi connectivity index (χ2v) is 7.12. The molecule has 1 aromatic carbocycles. The molecule has 1 heteroatoms. The van der Waals surface area contributed by atoms with Gasteiger partial charge in [0.05, 0.1) is 0 Å². The van der Waals surface area contributed by atoms with Crippen molar-refractivity contribution in [3.63, 3.8) is 0 Å². The average Bonchev–Trinajstić information content (AvgIpc) is 2.62. The molecular weight excluding hydrogens is 292 g/mol. The Bertz CT molecular complexity index is 396. The first-order chi connectivity index (χ1) is 11.8. The Hall–Kier alpha value is -1.11. The molecule has 1 nitrogen and oxygen atoms in total. The molecule has 24 heavy (non-hydrogen) atoms. The van der Waals surface area contributed by atoms with Crippen LogP contribution in [0, 0.1) is 0 Å². The van der Waals surface area contributed by atoms with Gasteiger partial charge in [0.2, 0.25) is 0 Å². The van der Waals surface area contributed by atoms with E-state index in [0.29, 0.717) is 12.2 Å². The summed E-state index contributed by atoms with van der Waals surface area (Å²) in [6.07, 6.45) is 18.9. The largest absolute Gasteiger partial charge is 0.300 e. The Labute approximate surface area is 150 Å². The molecule has 0 spiro atoms. The van der Waals surface area contributed by atoms with Gasteiger partial charge in [0.15, 0.2) is 0 Å². The highest BCUT2D eigenvalue weighted by molar-refractivity contribution is 5.77. The van der Waals surface area contributed by atoms with Crippen molar-refractivity contribution in [1.29, 1.82) is 0 Å². The van der Waals surface area contributed by atoms with Gasteiger partial charge < -0.3 is 0 Å². The second kappa shape index (κ2) is 15.4. The molecule has 0 unspecified atom stereocenters. The first-order valence-electron chi connectivity index (χ1n) is 10.4. The Morgan fingerprint density at radius 3 is 1.62 bits per heavy atom. The van der Waals surface area contributed by atoms with E-state index in [2.05, 4.69) is 30.3 Å². The lowest BCUT2D eigenvalue weighted by Crippen LogP contribution is -1.94. The summed E-state index contributed by atoms with van der Waals surface area (Å²) >= 11 is 0. The minimum absolute atomic E-state index is 0.429. The molecular formula is C23H38O. The molecule has 0 radical (unpaired) electrons. The summed E-state index contributed by atoms with van der Waals surface area (Å²) in [5.74, 6) is 0.429. The number of carbonyl (C=O) groups excluding carboxylic acids is 1. The van der Waals surface area contributed by atoms with Crippen molar-refractivity contribution in [3.8, 4) is 0 Å². The van der Waals surface area contributed by atoms with Gasteiger partial charge in [-0.05, 0) is 24.8 Å². The zero-order chi connectivity index (χ0) is 17.3. The highest BCUT2D eigenvalue weighted by atomic mass is 16.1. The van der Waals surface area contributed by atoms with Crippen molar-refractivity contribution in [2.75, 3.05) is 0 Å². The van der Waals surface area contributed by atoms with E-state index in [1.807, 2.05) is 6.92 Å². The predicted octanol–water partition coefficient (Wildman–Crippen LogP) is 7.28. The Morgan fingerprint density at radius 1 is 0.667 bits per heavy atom. The van der Waals surface area contributed by atoms with Crippen LogP contribution < -0.4 is 0 Å². The third-order valence-electron chi connectivity index (χ3n) is 4.91. The molecule has 0 amide bonds. The van der Waals surface area contributed by atoms with E-state index in [1.165, 1.54) is 82.6 Å². The van der Waals surface area contributed by atoms with Gasteiger partial charge >= 0.3 is 0 Å². The maximum Gasteiger partial charge on any atom is 0.132 e. The topological polar surface area (TPSA) is 17.1 Å². The quantitative estimate of drug-likeness (QED) is 0.291. The van der Waals surface area contributed by atoms with Crippen LogP contribution in [-0.4, -0.2) is 5.78 Å². The van der Waals surface area contributed by atoms with Crippen molar-refractivity contribution in [1.82, 2.24) is 0 Å². The lowest BCUT2D eigenvalue weighted by atomic mass is 10.0. The number of hydrogen-bond donors (Lipinski definition) is 0. The maximum absolute atomic E-state index is 11.2. The Morgan fingerprint density at radius 2 is 1.12 bits per heavy atom. The van der Waals surface area contributed by atoms with Gasteiger partial charge in [0.1, 0.15) is 5.78 Å². The van der Waals surface area contributed by atoms with Crippen molar-refractivity contribution in [2.24, 2.45) is 0 Å². The molecule has 0 aliphatic rings. The summed E-state index contributed by atoms with van der Waals surface area (Å²) < 4.78 is 0.